The smallest absolute Gasteiger partial charge is 0.344 e. The molecule has 0 bridgehead atoms. The van der Waals surface area contributed by atoms with Gasteiger partial charge in [0.1, 0.15) is 11.8 Å². The van der Waals surface area contributed by atoms with Gasteiger partial charge in [0.05, 0.1) is 48.7 Å². The van der Waals surface area contributed by atoms with E-state index in [0.717, 1.165) is 48.1 Å². The van der Waals surface area contributed by atoms with Crippen molar-refractivity contribution in [1.82, 2.24) is 0 Å². The Bertz CT molecular complexity index is 1130. The van der Waals surface area contributed by atoms with Crippen LogP contribution in [0.4, 0.5) is 5.69 Å². The van der Waals surface area contributed by atoms with Crippen LogP contribution in [-0.4, -0.2) is 75.2 Å². The minimum atomic E-state index is -2.09. The first-order valence-electron chi connectivity index (χ1n) is 12.7. The van der Waals surface area contributed by atoms with Gasteiger partial charge in [-0.3, -0.25) is 4.79 Å². The SMILES string of the molecule is CCCC[C@@]12C=CC[NH+]3CC[C@@]4(c5cc(Br)c(OC)cc5N(C)[C@@H]4[C@](O)(C(=O)OC)[C@@H]1OC(C)=O)[C@@H]32. The fourth-order valence-corrected chi connectivity index (χ4v) is 8.78. The molecular formula is C27H36BrN2O6+. The van der Waals surface area contributed by atoms with Crippen LogP contribution in [0.3, 0.4) is 0 Å². The molecule has 5 rings (SSSR count). The first kappa shape index (κ1) is 25.5. The molecule has 3 aliphatic heterocycles. The number of hydrogen-bond donors (Lipinski definition) is 2. The molecule has 1 aromatic rings. The van der Waals surface area contributed by atoms with E-state index in [2.05, 4.69) is 41.1 Å². The molecule has 0 amide bonds. The predicted octanol–water partition coefficient (Wildman–Crippen LogP) is 1.77. The Morgan fingerprint density at radius 3 is 2.69 bits per heavy atom. The third kappa shape index (κ3) is 3.05. The standard InChI is InChI=1S/C27H35BrN2O6/c1-6-7-9-25-10-8-12-30-13-11-26(21(25)30)17-14-18(28)20(34-4)15-19(17)29(3)22(26)27(33,24(32)35-5)23(25)36-16(2)31/h8,10,14-15,21-23,33H,6-7,9,11-13H2,1-5H3/p+1/t21-,22-,23+,25-,26+,27+/m0/s1. The number of nitrogens with zero attached hydrogens (tertiary/aromatic N) is 1. The zero-order valence-electron chi connectivity index (χ0n) is 21.6. The first-order valence-corrected chi connectivity index (χ1v) is 13.5. The Kier molecular flexibility index (Phi) is 6.20. The number of benzene rings is 1. The number of halogens is 1. The number of esters is 2. The molecule has 2 fully saturated rings. The predicted molar refractivity (Wildman–Crippen MR) is 137 cm³/mol. The van der Waals surface area contributed by atoms with Crippen LogP contribution in [-0.2, 0) is 24.5 Å². The number of unbranched alkanes of at least 4 members (excludes halogenated alkanes) is 1. The summed E-state index contributed by atoms with van der Waals surface area (Å²) in [6.07, 6.45) is 6.48. The van der Waals surface area contributed by atoms with Gasteiger partial charge in [-0.05, 0) is 40.1 Å². The topological polar surface area (TPSA) is 89.7 Å². The normalized spacial score (nSPS) is 37.7. The number of ether oxygens (including phenoxy) is 3. The minimum Gasteiger partial charge on any atom is -0.495 e. The van der Waals surface area contributed by atoms with Crippen molar-refractivity contribution in [3.8, 4) is 5.75 Å². The number of carbonyl (C=O) groups is 2. The summed E-state index contributed by atoms with van der Waals surface area (Å²) in [5, 5.41) is 12.7. The second-order valence-corrected chi connectivity index (χ2v) is 11.6. The summed E-state index contributed by atoms with van der Waals surface area (Å²) in [6, 6.07) is 3.39. The number of rotatable bonds is 6. The van der Waals surface area contributed by atoms with Crippen LogP contribution in [0.15, 0.2) is 28.8 Å². The number of likely N-dealkylation sites (N-methyl/N-ethyl adjacent to an activating group) is 1. The van der Waals surface area contributed by atoms with Crippen LogP contribution in [0, 0.1) is 5.41 Å². The number of aliphatic hydroxyl groups is 1. The van der Waals surface area contributed by atoms with Gasteiger partial charge in [0.25, 0.3) is 0 Å². The van der Waals surface area contributed by atoms with Gasteiger partial charge in [-0.15, -0.1) is 0 Å². The van der Waals surface area contributed by atoms with E-state index in [4.69, 9.17) is 14.2 Å². The number of quaternary nitrogens is 1. The Balaban J connectivity index is 1.87. The molecule has 0 radical (unpaired) electrons. The van der Waals surface area contributed by atoms with Gasteiger partial charge in [-0.2, -0.15) is 0 Å². The van der Waals surface area contributed by atoms with Crippen molar-refractivity contribution in [2.45, 2.75) is 68.7 Å². The van der Waals surface area contributed by atoms with E-state index in [-0.39, 0.29) is 6.04 Å². The second kappa shape index (κ2) is 8.74. The lowest BCUT2D eigenvalue weighted by molar-refractivity contribution is -0.920. The highest BCUT2D eigenvalue weighted by molar-refractivity contribution is 9.10. The summed E-state index contributed by atoms with van der Waals surface area (Å²) < 4.78 is 17.8. The maximum Gasteiger partial charge on any atom is 0.344 e. The van der Waals surface area contributed by atoms with Gasteiger partial charge in [0.2, 0.25) is 5.60 Å². The monoisotopic (exact) mass is 563 g/mol. The molecule has 4 aliphatic rings. The third-order valence-corrected chi connectivity index (χ3v) is 9.84. The molecule has 1 saturated heterocycles. The van der Waals surface area contributed by atoms with Crippen LogP contribution >= 0.6 is 15.9 Å². The molecule has 1 saturated carbocycles. The maximum absolute atomic E-state index is 13.7. The molecule has 8 nitrogen and oxygen atoms in total. The van der Waals surface area contributed by atoms with Gasteiger partial charge in [0.15, 0.2) is 6.10 Å². The average molecular weight is 564 g/mol. The van der Waals surface area contributed by atoms with E-state index in [0.29, 0.717) is 12.2 Å². The zero-order chi connectivity index (χ0) is 26.0. The molecule has 1 unspecified atom stereocenters. The Hall–Kier alpha value is -2.10. The number of nitrogens with one attached hydrogen (secondary N) is 1. The van der Waals surface area contributed by atoms with Crippen molar-refractivity contribution >= 4 is 33.6 Å². The van der Waals surface area contributed by atoms with Gasteiger partial charge in [-0.25, -0.2) is 4.79 Å². The van der Waals surface area contributed by atoms with E-state index in [1.807, 2.05) is 18.0 Å². The van der Waals surface area contributed by atoms with Crippen molar-refractivity contribution in [2.24, 2.45) is 5.41 Å². The lowest BCUT2D eigenvalue weighted by Crippen LogP contribution is -3.18. The molecule has 3 heterocycles. The molecule has 36 heavy (non-hydrogen) atoms. The number of hydrogen-bond acceptors (Lipinski definition) is 7. The van der Waals surface area contributed by atoms with Crippen LogP contribution in [0.1, 0.15) is 45.1 Å². The van der Waals surface area contributed by atoms with Crippen molar-refractivity contribution in [3.05, 3.63) is 34.3 Å². The lowest BCUT2D eigenvalue weighted by Gasteiger charge is -2.61. The summed E-state index contributed by atoms with van der Waals surface area (Å²) in [4.78, 5) is 29.7. The van der Waals surface area contributed by atoms with Crippen molar-refractivity contribution in [1.29, 1.82) is 0 Å². The average Bonchev–Trinajstić information content (AvgIpc) is 3.36. The quantitative estimate of drug-likeness (QED) is 0.402. The van der Waals surface area contributed by atoms with E-state index in [1.165, 1.54) is 18.9 Å². The lowest BCUT2D eigenvalue weighted by atomic mass is 9.47. The molecule has 1 aromatic carbocycles. The fraction of sp³-hybridized carbons (Fsp3) is 0.630. The third-order valence-electron chi connectivity index (χ3n) is 9.22. The summed E-state index contributed by atoms with van der Waals surface area (Å²) in [7, 11) is 4.81. The first-order chi connectivity index (χ1) is 17.1. The van der Waals surface area contributed by atoms with Gasteiger partial charge < -0.3 is 29.1 Å². The summed E-state index contributed by atoms with van der Waals surface area (Å²) >= 11 is 3.68. The highest BCUT2D eigenvalue weighted by atomic mass is 79.9. The highest BCUT2D eigenvalue weighted by Gasteiger charge is 2.82. The van der Waals surface area contributed by atoms with Crippen LogP contribution in [0.5, 0.6) is 5.75 Å². The summed E-state index contributed by atoms with van der Waals surface area (Å²) in [5.41, 5.74) is -1.39. The molecule has 0 aromatic heterocycles. The molecule has 1 aliphatic carbocycles. The summed E-state index contributed by atoms with van der Waals surface area (Å²) in [5.74, 6) is -0.617. The Labute approximate surface area is 220 Å². The van der Waals surface area contributed by atoms with Crippen LogP contribution in [0.2, 0.25) is 0 Å². The van der Waals surface area contributed by atoms with Crippen LogP contribution in [0.25, 0.3) is 0 Å². The van der Waals surface area contributed by atoms with Crippen molar-refractivity contribution in [2.75, 3.05) is 39.3 Å². The van der Waals surface area contributed by atoms with Crippen molar-refractivity contribution < 1.29 is 33.8 Å². The van der Waals surface area contributed by atoms with Crippen molar-refractivity contribution in [3.63, 3.8) is 0 Å². The Morgan fingerprint density at radius 1 is 1.31 bits per heavy atom. The molecule has 7 atom stereocenters. The number of carbonyl (C=O) groups excluding carboxylic acids is 2. The molecule has 1 spiro atoms. The molecule has 9 heteroatoms. The number of methoxy groups -OCH3 is 2. The van der Waals surface area contributed by atoms with E-state index in [9.17, 15) is 14.7 Å². The fourth-order valence-electron chi connectivity index (χ4n) is 8.28. The number of anilines is 1. The van der Waals surface area contributed by atoms with Gasteiger partial charge in [0, 0.05) is 32.1 Å². The van der Waals surface area contributed by atoms with Gasteiger partial charge >= 0.3 is 11.9 Å². The molecule has 196 valence electrons. The highest BCUT2D eigenvalue weighted by Crippen LogP contribution is 2.64. The number of fused-ring (bicyclic) bond motifs is 1. The minimum absolute atomic E-state index is 0.00447. The van der Waals surface area contributed by atoms with E-state index < -0.39 is 40.5 Å². The molecular weight excluding hydrogens is 528 g/mol. The van der Waals surface area contributed by atoms with E-state index in [1.54, 1.807) is 7.11 Å². The Morgan fingerprint density at radius 2 is 2.06 bits per heavy atom. The van der Waals surface area contributed by atoms with Crippen LogP contribution < -0.4 is 14.5 Å². The zero-order valence-corrected chi connectivity index (χ0v) is 23.2. The van der Waals surface area contributed by atoms with Gasteiger partial charge in [-0.1, -0.05) is 25.8 Å². The largest absolute Gasteiger partial charge is 0.495 e. The maximum atomic E-state index is 13.7. The summed E-state index contributed by atoms with van der Waals surface area (Å²) in [6.45, 7) is 5.21. The van der Waals surface area contributed by atoms with E-state index >= 15 is 0 Å². The second-order valence-electron chi connectivity index (χ2n) is 10.8. The molecule has 2 N–H and O–H groups in total.